The van der Waals surface area contributed by atoms with Gasteiger partial charge in [0.25, 0.3) is 0 Å². The lowest BCUT2D eigenvalue weighted by atomic mass is 9.92. The van der Waals surface area contributed by atoms with Gasteiger partial charge in [-0.25, -0.2) is 15.0 Å². The molecule has 5 heterocycles. The first kappa shape index (κ1) is 23.2. The Morgan fingerprint density at radius 1 is 1.08 bits per heavy atom. The molecule has 0 radical (unpaired) electrons. The molecule has 1 aliphatic heterocycles. The molecule has 2 N–H and O–H groups in total. The number of fused-ring (bicyclic) bond motifs is 1. The number of aromatic nitrogens is 6. The first-order valence-corrected chi connectivity index (χ1v) is 13.3. The molecule has 11 nitrogen and oxygen atoms in total. The van der Waals surface area contributed by atoms with Crippen LogP contribution in [-0.2, 0) is 16.6 Å². The Morgan fingerprint density at radius 2 is 1.97 bits per heavy atom. The maximum absolute atomic E-state index is 12.1. The smallest absolute Gasteiger partial charge is 0.228 e. The third-order valence-electron chi connectivity index (χ3n) is 7.64. The van der Waals surface area contributed by atoms with Crippen molar-refractivity contribution in [3.05, 3.63) is 42.6 Å². The van der Waals surface area contributed by atoms with Crippen LogP contribution in [0, 0.1) is 5.92 Å². The fraction of sp³-hybridized carbons (Fsp3) is 0.444. The number of ether oxygens (including phenoxy) is 2. The molecule has 3 aliphatic rings. The molecule has 4 aromatic rings. The summed E-state index contributed by atoms with van der Waals surface area (Å²) in [4.78, 5) is 30.5. The van der Waals surface area contributed by atoms with Crippen LogP contribution in [0.25, 0.3) is 11.2 Å². The normalized spacial score (nSPS) is 19.4. The maximum Gasteiger partial charge on any atom is 0.228 e. The van der Waals surface area contributed by atoms with Gasteiger partial charge in [-0.3, -0.25) is 4.79 Å². The molecule has 0 aromatic carbocycles. The maximum atomic E-state index is 12.1. The van der Waals surface area contributed by atoms with E-state index in [-0.39, 0.29) is 11.8 Å². The number of nitrogens with zero attached hydrogens (tertiary/aromatic N) is 6. The van der Waals surface area contributed by atoms with E-state index in [4.69, 9.17) is 19.4 Å². The van der Waals surface area contributed by atoms with Crippen molar-refractivity contribution in [3.63, 3.8) is 0 Å². The van der Waals surface area contributed by atoms with Crippen LogP contribution in [0.5, 0.6) is 11.5 Å². The van der Waals surface area contributed by atoms with E-state index in [0.29, 0.717) is 40.9 Å². The molecule has 0 unspecified atom stereocenters. The molecule has 2 aliphatic carbocycles. The number of pyridine rings is 2. The SMILES string of the molecule is Cn1c(Nc2cn(C3CCC3)c([C@H]3CCOC3)n2)nc2ncc(Oc3ccnc(NC(=O)C4CC4)c3)cc21. The van der Waals surface area contributed by atoms with E-state index >= 15 is 0 Å². The van der Waals surface area contributed by atoms with Crippen molar-refractivity contribution in [2.75, 3.05) is 23.8 Å². The zero-order valence-electron chi connectivity index (χ0n) is 21.3. The second-order valence-corrected chi connectivity index (χ2v) is 10.4. The van der Waals surface area contributed by atoms with Gasteiger partial charge in [0.2, 0.25) is 11.9 Å². The second-order valence-electron chi connectivity index (χ2n) is 10.4. The summed E-state index contributed by atoms with van der Waals surface area (Å²) in [6.45, 7) is 1.52. The van der Waals surface area contributed by atoms with Gasteiger partial charge in [-0.1, -0.05) is 0 Å². The van der Waals surface area contributed by atoms with Gasteiger partial charge in [0, 0.05) is 56.1 Å². The quantitative estimate of drug-likeness (QED) is 0.348. The summed E-state index contributed by atoms with van der Waals surface area (Å²) in [5, 5.41) is 6.26. The van der Waals surface area contributed by atoms with Gasteiger partial charge in [-0.05, 0) is 44.6 Å². The van der Waals surface area contributed by atoms with Crippen molar-refractivity contribution in [1.82, 2.24) is 29.1 Å². The minimum absolute atomic E-state index is 0.00821. The lowest BCUT2D eigenvalue weighted by Gasteiger charge is -2.29. The van der Waals surface area contributed by atoms with E-state index in [9.17, 15) is 4.79 Å². The molecule has 3 fully saturated rings. The number of carbonyl (C=O) groups is 1. The summed E-state index contributed by atoms with van der Waals surface area (Å²) in [6.07, 6.45) is 11.9. The number of hydrogen-bond acceptors (Lipinski definition) is 8. The highest BCUT2D eigenvalue weighted by molar-refractivity contribution is 5.93. The first-order valence-electron chi connectivity index (χ1n) is 13.3. The summed E-state index contributed by atoms with van der Waals surface area (Å²) in [7, 11) is 1.94. The van der Waals surface area contributed by atoms with Crippen LogP contribution < -0.4 is 15.4 Å². The van der Waals surface area contributed by atoms with E-state index in [1.165, 1.54) is 19.3 Å². The van der Waals surface area contributed by atoms with E-state index in [2.05, 4.69) is 31.4 Å². The molecule has 7 rings (SSSR count). The number of anilines is 3. The van der Waals surface area contributed by atoms with Crippen molar-refractivity contribution < 1.29 is 14.3 Å². The van der Waals surface area contributed by atoms with Gasteiger partial charge >= 0.3 is 0 Å². The Morgan fingerprint density at radius 3 is 2.74 bits per heavy atom. The molecular weight excluding hydrogens is 484 g/mol. The number of rotatable bonds is 8. The van der Waals surface area contributed by atoms with Crippen molar-refractivity contribution in [2.24, 2.45) is 13.0 Å². The second kappa shape index (κ2) is 9.39. The van der Waals surface area contributed by atoms with Gasteiger partial charge in [0.1, 0.15) is 23.1 Å². The summed E-state index contributed by atoms with van der Waals surface area (Å²) in [5.41, 5.74) is 1.43. The monoisotopic (exact) mass is 514 g/mol. The van der Waals surface area contributed by atoms with Gasteiger partial charge < -0.3 is 29.2 Å². The zero-order valence-corrected chi connectivity index (χ0v) is 21.3. The van der Waals surface area contributed by atoms with Crippen LogP contribution >= 0.6 is 0 Å². The average Bonchev–Trinajstić information content (AvgIpc) is 3.31. The van der Waals surface area contributed by atoms with Gasteiger partial charge in [-0.2, -0.15) is 4.98 Å². The topological polar surface area (TPSA) is 121 Å². The van der Waals surface area contributed by atoms with Crippen molar-refractivity contribution in [2.45, 2.75) is 50.5 Å². The number of imidazole rings is 2. The number of hydrogen-bond donors (Lipinski definition) is 2. The fourth-order valence-corrected chi connectivity index (χ4v) is 5.05. The highest BCUT2D eigenvalue weighted by atomic mass is 16.5. The van der Waals surface area contributed by atoms with E-state index in [1.807, 2.05) is 17.7 Å². The van der Waals surface area contributed by atoms with E-state index in [0.717, 1.165) is 49.6 Å². The standard InChI is InChI=1S/C27H30N8O3/c1-34-21-11-20(38-19-7-9-28-22(12-19)31-26(36)16-5-6-16)13-29-24(21)33-27(34)32-23-14-35(18-3-2-4-18)25(30-23)17-8-10-37-15-17/h7,9,11-14,16-18H,2-6,8,10,15H2,1H3,(H,28,31,36)(H,29,32,33)/t17-/m0/s1. The Labute approximate surface area is 219 Å². The van der Waals surface area contributed by atoms with Crippen LogP contribution in [0.15, 0.2) is 36.8 Å². The average molecular weight is 515 g/mol. The Balaban J connectivity index is 1.11. The largest absolute Gasteiger partial charge is 0.455 e. The molecule has 0 spiro atoms. The summed E-state index contributed by atoms with van der Waals surface area (Å²) in [6, 6.07) is 5.88. The van der Waals surface area contributed by atoms with Gasteiger partial charge in [-0.15, -0.1) is 0 Å². The molecule has 4 aromatic heterocycles. The highest BCUT2D eigenvalue weighted by Crippen LogP contribution is 2.37. The van der Waals surface area contributed by atoms with Crippen LogP contribution in [-0.4, -0.2) is 48.2 Å². The molecule has 1 saturated heterocycles. The molecule has 0 bridgehead atoms. The first-order chi connectivity index (χ1) is 18.6. The van der Waals surface area contributed by atoms with Crippen LogP contribution in [0.1, 0.15) is 56.3 Å². The lowest BCUT2D eigenvalue weighted by molar-refractivity contribution is -0.117. The molecule has 11 heteroatoms. The third kappa shape index (κ3) is 4.47. The predicted molar refractivity (Wildman–Crippen MR) is 141 cm³/mol. The molecule has 1 amide bonds. The van der Waals surface area contributed by atoms with Gasteiger partial charge in [0.15, 0.2) is 11.5 Å². The number of aryl methyl sites for hydroxylation is 1. The van der Waals surface area contributed by atoms with Crippen molar-refractivity contribution >= 4 is 34.7 Å². The third-order valence-corrected chi connectivity index (χ3v) is 7.64. The Kier molecular flexibility index (Phi) is 5.72. The molecule has 38 heavy (non-hydrogen) atoms. The van der Waals surface area contributed by atoms with E-state index < -0.39 is 0 Å². The molecular formula is C27H30N8O3. The fourth-order valence-electron chi connectivity index (χ4n) is 5.05. The molecule has 2 saturated carbocycles. The van der Waals surface area contributed by atoms with Crippen LogP contribution in [0.4, 0.5) is 17.6 Å². The van der Waals surface area contributed by atoms with Crippen LogP contribution in [0.3, 0.4) is 0 Å². The van der Waals surface area contributed by atoms with E-state index in [1.54, 1.807) is 24.5 Å². The minimum atomic E-state index is 0.00821. The minimum Gasteiger partial charge on any atom is -0.455 e. The van der Waals surface area contributed by atoms with Crippen LogP contribution in [0.2, 0.25) is 0 Å². The predicted octanol–water partition coefficient (Wildman–Crippen LogP) is 4.67. The lowest BCUT2D eigenvalue weighted by Crippen LogP contribution is -2.20. The number of nitrogens with one attached hydrogen (secondary N) is 2. The van der Waals surface area contributed by atoms with Gasteiger partial charge in [0.05, 0.1) is 18.3 Å². The summed E-state index contributed by atoms with van der Waals surface area (Å²) < 4.78 is 16.0. The zero-order chi connectivity index (χ0) is 25.6. The molecule has 196 valence electrons. The van der Waals surface area contributed by atoms with Crippen molar-refractivity contribution in [3.8, 4) is 11.5 Å². The molecule has 1 atom stereocenters. The Bertz CT molecular complexity index is 1500. The highest BCUT2D eigenvalue weighted by Gasteiger charge is 2.30. The number of carbonyl (C=O) groups excluding carboxylic acids is 1. The summed E-state index contributed by atoms with van der Waals surface area (Å²) in [5.74, 6) is 4.61. The Hall–Kier alpha value is -3.99. The number of amides is 1. The van der Waals surface area contributed by atoms with Crippen molar-refractivity contribution in [1.29, 1.82) is 0 Å². The summed E-state index contributed by atoms with van der Waals surface area (Å²) >= 11 is 0.